The molecule has 7 nitrogen and oxygen atoms in total. The fourth-order valence-corrected chi connectivity index (χ4v) is 3.86. The number of thiazole rings is 1. The molecule has 0 unspecified atom stereocenters. The zero-order valence-corrected chi connectivity index (χ0v) is 16.6. The number of nitrogens with one attached hydrogen (secondary N) is 1. The van der Waals surface area contributed by atoms with Gasteiger partial charge in [-0.15, -0.1) is 0 Å². The number of nitro benzene ring substituents is 1. The molecule has 2 aromatic carbocycles. The van der Waals surface area contributed by atoms with Gasteiger partial charge in [-0.1, -0.05) is 35.1 Å². The molecule has 0 spiro atoms. The lowest BCUT2D eigenvalue weighted by molar-refractivity contribution is -0.384. The molecule has 0 aliphatic heterocycles. The minimum Gasteiger partial charge on any atom is -0.322 e. The van der Waals surface area contributed by atoms with E-state index in [1.54, 1.807) is 6.20 Å². The summed E-state index contributed by atoms with van der Waals surface area (Å²) in [7, 11) is 0. The van der Waals surface area contributed by atoms with E-state index in [4.69, 9.17) is 11.6 Å². The Morgan fingerprint density at radius 3 is 2.79 bits per heavy atom. The van der Waals surface area contributed by atoms with Gasteiger partial charge in [-0.3, -0.25) is 14.9 Å². The van der Waals surface area contributed by atoms with Crippen LogP contribution < -0.4 is 5.32 Å². The van der Waals surface area contributed by atoms with E-state index in [2.05, 4.69) is 15.3 Å². The van der Waals surface area contributed by atoms with Gasteiger partial charge in [0, 0.05) is 29.1 Å². The molecular formula is C20H13ClN4O3S. The first kappa shape index (κ1) is 19.0. The number of aromatic nitrogens is 2. The number of nitrogens with zero attached hydrogens (tertiary/aromatic N) is 3. The van der Waals surface area contributed by atoms with E-state index < -0.39 is 10.8 Å². The van der Waals surface area contributed by atoms with Crippen molar-refractivity contribution in [1.29, 1.82) is 0 Å². The van der Waals surface area contributed by atoms with Crippen molar-refractivity contribution < 1.29 is 9.72 Å². The summed E-state index contributed by atoms with van der Waals surface area (Å²) in [5, 5.41) is 14.6. The largest absolute Gasteiger partial charge is 0.322 e. The first-order valence-corrected chi connectivity index (χ1v) is 9.69. The second-order valence-corrected chi connectivity index (χ2v) is 7.64. The van der Waals surface area contributed by atoms with Crippen LogP contribution in [-0.4, -0.2) is 20.8 Å². The number of carbonyl (C=O) groups excluding carboxylic acids is 1. The Kier molecular flexibility index (Phi) is 4.96. The lowest BCUT2D eigenvalue weighted by Crippen LogP contribution is -2.13. The number of benzene rings is 2. The van der Waals surface area contributed by atoms with Crippen molar-refractivity contribution in [1.82, 2.24) is 9.97 Å². The average Bonchev–Trinajstić information content (AvgIpc) is 3.14. The second kappa shape index (κ2) is 7.57. The molecule has 4 rings (SSSR count). The van der Waals surface area contributed by atoms with Gasteiger partial charge in [0.05, 0.1) is 4.92 Å². The van der Waals surface area contributed by atoms with E-state index >= 15 is 0 Å². The number of carbonyl (C=O) groups is 1. The van der Waals surface area contributed by atoms with Gasteiger partial charge < -0.3 is 5.32 Å². The molecule has 9 heteroatoms. The number of rotatable bonds is 4. The van der Waals surface area contributed by atoms with Gasteiger partial charge in [0.25, 0.3) is 11.6 Å². The molecule has 0 radical (unpaired) electrons. The predicted octanol–water partition coefficient (Wildman–Crippen LogP) is 5.48. The molecule has 4 aromatic rings. The molecular weight excluding hydrogens is 412 g/mol. The van der Waals surface area contributed by atoms with Crippen LogP contribution in [0.25, 0.3) is 20.9 Å². The van der Waals surface area contributed by atoms with Gasteiger partial charge in [0.1, 0.15) is 20.4 Å². The van der Waals surface area contributed by atoms with Crippen molar-refractivity contribution in [3.05, 3.63) is 81.0 Å². The van der Waals surface area contributed by atoms with Crippen LogP contribution in [0.3, 0.4) is 0 Å². The molecule has 0 saturated carbocycles. The molecule has 1 N–H and O–H groups in total. The summed E-state index contributed by atoms with van der Waals surface area (Å²) in [6.07, 6.45) is 1.72. The van der Waals surface area contributed by atoms with Crippen LogP contribution >= 0.6 is 22.9 Å². The van der Waals surface area contributed by atoms with Crippen LogP contribution in [0.2, 0.25) is 5.02 Å². The number of anilines is 1. The summed E-state index contributed by atoms with van der Waals surface area (Å²) < 4.78 is 0. The quantitative estimate of drug-likeness (QED) is 0.345. The van der Waals surface area contributed by atoms with E-state index in [1.165, 1.54) is 23.5 Å². The third kappa shape index (κ3) is 3.80. The zero-order valence-electron chi connectivity index (χ0n) is 15.0. The number of aryl methyl sites for hydroxylation is 1. The molecule has 0 aliphatic carbocycles. The summed E-state index contributed by atoms with van der Waals surface area (Å²) in [4.78, 5) is 32.8. The molecule has 1 amide bonds. The van der Waals surface area contributed by atoms with Gasteiger partial charge in [-0.2, -0.15) is 0 Å². The fourth-order valence-electron chi connectivity index (χ4n) is 2.77. The molecule has 29 heavy (non-hydrogen) atoms. The Bertz CT molecular complexity index is 1240. The summed E-state index contributed by atoms with van der Waals surface area (Å²) in [6, 6.07) is 13.3. The maximum absolute atomic E-state index is 12.6. The number of fused-ring (bicyclic) bond motifs is 1. The molecule has 0 atom stereocenters. The van der Waals surface area contributed by atoms with E-state index in [1.807, 2.05) is 37.3 Å². The minimum atomic E-state index is -0.619. The van der Waals surface area contributed by atoms with Crippen molar-refractivity contribution in [2.24, 2.45) is 0 Å². The smallest absolute Gasteiger partial charge is 0.288 e. The molecule has 0 aliphatic rings. The van der Waals surface area contributed by atoms with Crippen molar-refractivity contribution in [2.45, 2.75) is 6.92 Å². The van der Waals surface area contributed by atoms with Crippen molar-refractivity contribution in [3.8, 4) is 10.6 Å². The Morgan fingerprint density at radius 2 is 2.03 bits per heavy atom. The minimum absolute atomic E-state index is 0.0193. The van der Waals surface area contributed by atoms with Gasteiger partial charge in [0.2, 0.25) is 0 Å². The molecule has 2 aromatic heterocycles. The highest BCUT2D eigenvalue weighted by Gasteiger charge is 2.17. The van der Waals surface area contributed by atoms with Gasteiger partial charge in [-0.05, 0) is 42.8 Å². The molecule has 0 saturated heterocycles. The average molecular weight is 425 g/mol. The lowest BCUT2D eigenvalue weighted by atomic mass is 10.1. The summed E-state index contributed by atoms with van der Waals surface area (Å²) in [6.45, 7) is 1.86. The number of nitro groups is 1. The van der Waals surface area contributed by atoms with Crippen molar-refractivity contribution in [3.63, 3.8) is 0 Å². The van der Waals surface area contributed by atoms with Crippen molar-refractivity contribution in [2.75, 3.05) is 5.32 Å². The maximum atomic E-state index is 12.6. The van der Waals surface area contributed by atoms with E-state index in [9.17, 15) is 14.9 Å². The van der Waals surface area contributed by atoms with Crippen LogP contribution in [0.5, 0.6) is 0 Å². The SMILES string of the molecule is Cc1ccc(-c2nc3cccnc3s2)cc1NC(=O)c1ccc(Cl)c([N+](=O)[O-])c1. The fraction of sp³-hybridized carbons (Fsp3) is 0.0500. The number of amides is 1. The zero-order chi connectivity index (χ0) is 20.5. The Balaban J connectivity index is 1.65. The molecule has 144 valence electrons. The van der Waals surface area contributed by atoms with Gasteiger partial charge in [-0.25, -0.2) is 9.97 Å². The van der Waals surface area contributed by atoms with E-state index in [-0.39, 0.29) is 16.3 Å². The van der Waals surface area contributed by atoms with Gasteiger partial charge >= 0.3 is 0 Å². The Morgan fingerprint density at radius 1 is 1.21 bits per heavy atom. The van der Waals surface area contributed by atoms with Crippen LogP contribution in [0.4, 0.5) is 11.4 Å². The van der Waals surface area contributed by atoms with Crippen LogP contribution in [0.15, 0.2) is 54.7 Å². The number of hydrogen-bond acceptors (Lipinski definition) is 6. The molecule has 2 heterocycles. The summed E-state index contributed by atoms with van der Waals surface area (Å²) in [5.74, 6) is -0.462. The third-order valence-corrected chi connectivity index (χ3v) is 5.65. The first-order valence-electron chi connectivity index (χ1n) is 8.50. The number of pyridine rings is 1. The highest BCUT2D eigenvalue weighted by atomic mass is 35.5. The second-order valence-electron chi connectivity index (χ2n) is 6.25. The predicted molar refractivity (Wildman–Crippen MR) is 114 cm³/mol. The molecule has 0 fully saturated rings. The first-order chi connectivity index (χ1) is 13.9. The summed E-state index contributed by atoms with van der Waals surface area (Å²) >= 11 is 7.28. The van der Waals surface area contributed by atoms with Crippen molar-refractivity contribution >= 4 is 50.6 Å². The normalized spacial score (nSPS) is 10.8. The standard InChI is InChI=1S/C20H13ClN4O3S/c1-11-4-5-13(19-24-15-3-2-8-22-20(15)29-19)9-16(11)23-18(26)12-6-7-14(21)17(10-12)25(27)28/h2-10H,1H3,(H,23,26). The maximum Gasteiger partial charge on any atom is 0.288 e. The topological polar surface area (TPSA) is 98.0 Å². The Hall–Kier alpha value is -3.36. The summed E-state index contributed by atoms with van der Waals surface area (Å²) in [5.41, 5.74) is 2.94. The number of halogens is 1. The highest BCUT2D eigenvalue weighted by Crippen LogP contribution is 2.32. The van der Waals surface area contributed by atoms with Crippen LogP contribution in [0, 0.1) is 17.0 Å². The lowest BCUT2D eigenvalue weighted by Gasteiger charge is -2.10. The molecule has 0 bridgehead atoms. The van der Waals surface area contributed by atoms with Gasteiger partial charge in [0.15, 0.2) is 0 Å². The van der Waals surface area contributed by atoms with Crippen LogP contribution in [0.1, 0.15) is 15.9 Å². The monoisotopic (exact) mass is 424 g/mol. The third-order valence-electron chi connectivity index (χ3n) is 4.30. The number of hydrogen-bond donors (Lipinski definition) is 1. The van der Waals surface area contributed by atoms with Crippen LogP contribution in [-0.2, 0) is 0 Å². The van der Waals surface area contributed by atoms with E-state index in [0.717, 1.165) is 32.5 Å². The highest BCUT2D eigenvalue weighted by molar-refractivity contribution is 7.21. The van der Waals surface area contributed by atoms with E-state index in [0.29, 0.717) is 5.69 Å². The Labute approximate surface area is 174 Å².